The maximum absolute atomic E-state index is 2.25. The molecule has 1 rings (SSSR count). The largest absolute Gasteiger partial charge is 1.00 e. The molecule has 1 nitrogen and oxygen atoms in total. The van der Waals surface area contributed by atoms with E-state index in [1.807, 2.05) is 0 Å². The lowest BCUT2D eigenvalue weighted by Gasteiger charge is -2.10. The molecule has 0 unspecified atom stereocenters. The van der Waals surface area contributed by atoms with Crippen molar-refractivity contribution in [2.75, 3.05) is 0 Å². The van der Waals surface area contributed by atoms with Gasteiger partial charge in [-0.25, -0.2) is 0 Å². The van der Waals surface area contributed by atoms with Crippen LogP contribution in [0.2, 0.25) is 0 Å². The fourth-order valence-electron chi connectivity index (χ4n) is 1.80. The van der Waals surface area contributed by atoms with Gasteiger partial charge in [0, 0.05) is 0 Å². The van der Waals surface area contributed by atoms with E-state index in [1.165, 1.54) is 17.5 Å². The lowest BCUT2D eigenvalue weighted by atomic mass is 9.96. The Kier molecular flexibility index (Phi) is 13.3. The van der Waals surface area contributed by atoms with Gasteiger partial charge in [0.05, 0.1) is 0 Å². The van der Waals surface area contributed by atoms with Crippen LogP contribution in [0.15, 0.2) is 18.2 Å². The highest BCUT2D eigenvalue weighted by molar-refractivity contribution is 5.35. The van der Waals surface area contributed by atoms with Crippen LogP contribution in [-0.2, 0) is 19.3 Å². The topological polar surface area (TPSA) is 36.5 Å². The van der Waals surface area contributed by atoms with Crippen molar-refractivity contribution in [3.05, 3.63) is 34.9 Å². The molecule has 0 saturated carbocycles. The fourth-order valence-corrected chi connectivity index (χ4v) is 1.80. The number of quaternary nitrogens is 1. The summed E-state index contributed by atoms with van der Waals surface area (Å²) in [6.45, 7) is 6.70. The normalized spacial score (nSPS) is 8.20. The van der Waals surface area contributed by atoms with Gasteiger partial charge in [0.25, 0.3) is 0 Å². The van der Waals surface area contributed by atoms with E-state index in [-0.39, 0.29) is 26.0 Å². The molecule has 0 aliphatic rings. The van der Waals surface area contributed by atoms with E-state index in [2.05, 4.69) is 39.0 Å². The minimum Gasteiger partial charge on any atom is -1.00 e. The standard InChI is InChI=1S/C12H18.CH4.ClH.H3N/c1-4-10-8-7-9-11(5-2)12(10)6-3;;;/h7-9H,4-6H2,1-3H3;1H4;1H;1H3. The van der Waals surface area contributed by atoms with Gasteiger partial charge >= 0.3 is 0 Å². The smallest absolute Gasteiger partial charge is 0.0302 e. The molecular formula is C13H26ClN. The molecule has 0 atom stereocenters. The second kappa shape index (κ2) is 10.0. The van der Waals surface area contributed by atoms with Crippen LogP contribution in [0.1, 0.15) is 44.9 Å². The molecule has 0 spiro atoms. The SMILES string of the molecule is C.CCc1cccc(CC)c1CC.[Cl-].[NH4+]. The van der Waals surface area contributed by atoms with Crippen molar-refractivity contribution >= 4 is 0 Å². The van der Waals surface area contributed by atoms with Crippen molar-refractivity contribution < 1.29 is 12.4 Å². The van der Waals surface area contributed by atoms with Crippen molar-refractivity contribution in [1.82, 2.24) is 6.15 Å². The number of halogens is 1. The highest BCUT2D eigenvalue weighted by Crippen LogP contribution is 2.16. The summed E-state index contributed by atoms with van der Waals surface area (Å²) in [7, 11) is 0. The molecule has 0 fully saturated rings. The van der Waals surface area contributed by atoms with E-state index in [9.17, 15) is 0 Å². The summed E-state index contributed by atoms with van der Waals surface area (Å²) < 4.78 is 0. The second-order valence-corrected chi connectivity index (χ2v) is 3.12. The van der Waals surface area contributed by atoms with Gasteiger partial charge in [-0.3, -0.25) is 0 Å². The van der Waals surface area contributed by atoms with Crippen LogP contribution in [0.5, 0.6) is 0 Å². The zero-order valence-corrected chi connectivity index (χ0v) is 10.5. The lowest BCUT2D eigenvalue weighted by molar-refractivity contribution is -0.00000351. The number of hydrogen-bond acceptors (Lipinski definition) is 0. The Morgan fingerprint density at radius 2 is 1.27 bits per heavy atom. The van der Waals surface area contributed by atoms with Gasteiger partial charge in [0.1, 0.15) is 0 Å². The van der Waals surface area contributed by atoms with Crippen LogP contribution in [0.4, 0.5) is 0 Å². The first-order valence-corrected chi connectivity index (χ1v) is 4.93. The number of aryl methyl sites for hydroxylation is 2. The monoisotopic (exact) mass is 231 g/mol. The molecule has 0 saturated heterocycles. The predicted molar refractivity (Wildman–Crippen MR) is 67.3 cm³/mol. The van der Waals surface area contributed by atoms with Crippen LogP contribution in [0, 0.1) is 0 Å². The molecule has 4 N–H and O–H groups in total. The Bertz CT molecular complexity index is 236. The minimum absolute atomic E-state index is 0. The van der Waals surface area contributed by atoms with E-state index in [0.29, 0.717) is 0 Å². The first-order valence-electron chi connectivity index (χ1n) is 4.93. The molecule has 2 heteroatoms. The highest BCUT2D eigenvalue weighted by atomic mass is 35.5. The maximum Gasteiger partial charge on any atom is -0.0302 e. The van der Waals surface area contributed by atoms with Crippen LogP contribution < -0.4 is 18.6 Å². The van der Waals surface area contributed by atoms with E-state index in [1.54, 1.807) is 5.56 Å². The summed E-state index contributed by atoms with van der Waals surface area (Å²) in [4.78, 5) is 0. The van der Waals surface area contributed by atoms with Crippen LogP contribution in [0.25, 0.3) is 0 Å². The second-order valence-electron chi connectivity index (χ2n) is 3.12. The number of benzene rings is 1. The van der Waals surface area contributed by atoms with Crippen molar-refractivity contribution in [3.63, 3.8) is 0 Å². The van der Waals surface area contributed by atoms with E-state index >= 15 is 0 Å². The van der Waals surface area contributed by atoms with Crippen LogP contribution >= 0.6 is 0 Å². The Balaban J connectivity index is -0.000000480. The molecule has 0 bridgehead atoms. The predicted octanol–water partition coefficient (Wildman–Crippen LogP) is 1.39. The molecule has 0 amide bonds. The summed E-state index contributed by atoms with van der Waals surface area (Å²) in [5.74, 6) is 0. The number of rotatable bonds is 3. The Morgan fingerprint density at radius 1 is 0.867 bits per heavy atom. The fraction of sp³-hybridized carbons (Fsp3) is 0.538. The molecule has 0 aromatic heterocycles. The summed E-state index contributed by atoms with van der Waals surface area (Å²) in [6.07, 6.45) is 3.50. The van der Waals surface area contributed by atoms with E-state index in [4.69, 9.17) is 0 Å². The zero-order valence-electron chi connectivity index (χ0n) is 9.73. The molecule has 15 heavy (non-hydrogen) atoms. The van der Waals surface area contributed by atoms with Gasteiger partial charge < -0.3 is 18.6 Å². The Hall–Kier alpha value is -0.530. The average molecular weight is 232 g/mol. The summed E-state index contributed by atoms with van der Waals surface area (Å²) in [5.41, 5.74) is 4.62. The molecule has 0 aliphatic heterocycles. The Labute approximate surface area is 101 Å². The zero-order chi connectivity index (χ0) is 8.97. The molecule has 1 aromatic rings. The third-order valence-corrected chi connectivity index (χ3v) is 2.49. The molecular weight excluding hydrogens is 206 g/mol. The summed E-state index contributed by atoms with van der Waals surface area (Å²) in [5, 5.41) is 0. The quantitative estimate of drug-likeness (QED) is 0.817. The van der Waals surface area contributed by atoms with Gasteiger partial charge in [0.2, 0.25) is 0 Å². The lowest BCUT2D eigenvalue weighted by Crippen LogP contribution is -3.00. The highest BCUT2D eigenvalue weighted by Gasteiger charge is 2.02. The van der Waals surface area contributed by atoms with Crippen LogP contribution in [0.3, 0.4) is 0 Å². The molecule has 0 aliphatic carbocycles. The number of hydrogen-bond donors (Lipinski definition) is 1. The van der Waals surface area contributed by atoms with Gasteiger partial charge in [-0.15, -0.1) is 0 Å². The van der Waals surface area contributed by atoms with E-state index in [0.717, 1.165) is 12.8 Å². The van der Waals surface area contributed by atoms with E-state index < -0.39 is 0 Å². The van der Waals surface area contributed by atoms with Gasteiger partial charge in [-0.2, -0.15) is 0 Å². The first-order chi connectivity index (χ1) is 5.83. The molecule has 1 aromatic carbocycles. The first kappa shape index (κ1) is 20.0. The third-order valence-electron chi connectivity index (χ3n) is 2.49. The third kappa shape index (κ3) is 4.67. The summed E-state index contributed by atoms with van der Waals surface area (Å²) >= 11 is 0. The molecule has 0 heterocycles. The minimum atomic E-state index is 0. The van der Waals surface area contributed by atoms with Crippen molar-refractivity contribution in [1.29, 1.82) is 0 Å². The molecule has 90 valence electrons. The molecule has 0 radical (unpaired) electrons. The Morgan fingerprint density at radius 3 is 1.53 bits per heavy atom. The average Bonchev–Trinajstić information content (AvgIpc) is 2.16. The van der Waals surface area contributed by atoms with Crippen LogP contribution in [-0.4, -0.2) is 0 Å². The van der Waals surface area contributed by atoms with Gasteiger partial charge in [-0.1, -0.05) is 46.4 Å². The van der Waals surface area contributed by atoms with Crippen molar-refractivity contribution in [2.24, 2.45) is 0 Å². The maximum atomic E-state index is 2.25. The van der Waals surface area contributed by atoms with Gasteiger partial charge in [-0.05, 0) is 36.0 Å². The summed E-state index contributed by atoms with van der Waals surface area (Å²) in [6, 6.07) is 6.67. The van der Waals surface area contributed by atoms with Crippen molar-refractivity contribution in [2.45, 2.75) is 47.5 Å². The van der Waals surface area contributed by atoms with Crippen molar-refractivity contribution in [3.8, 4) is 0 Å². The van der Waals surface area contributed by atoms with Gasteiger partial charge in [0.15, 0.2) is 0 Å².